The van der Waals surface area contributed by atoms with Gasteiger partial charge in [0.15, 0.2) is 0 Å². The molecule has 0 unspecified atom stereocenters. The van der Waals surface area contributed by atoms with Gasteiger partial charge in [-0.05, 0) is 24.3 Å². The van der Waals surface area contributed by atoms with Gasteiger partial charge in [0.1, 0.15) is 5.01 Å². The summed E-state index contributed by atoms with van der Waals surface area (Å²) in [4.78, 5) is 26.2. The molecule has 3 rings (SSSR count). The summed E-state index contributed by atoms with van der Waals surface area (Å²) in [5.74, 6) is -0.412. The second-order valence-electron chi connectivity index (χ2n) is 5.97. The van der Waals surface area contributed by atoms with Gasteiger partial charge in [0.25, 0.3) is 0 Å². The summed E-state index contributed by atoms with van der Waals surface area (Å²) in [5.41, 5.74) is 0.748. The highest BCUT2D eigenvalue weighted by Gasteiger charge is 2.35. The number of carbonyl (C=O) groups excluding carboxylic acids is 2. The SMILES string of the molecule is CC(C)c1nnc(NC(=O)[C@H]2CC(=O)N(c3ccc(Cl)cc3)C2)s1. The highest BCUT2D eigenvalue weighted by atomic mass is 35.5. The minimum atomic E-state index is -0.403. The Labute approximate surface area is 148 Å². The fourth-order valence-corrected chi connectivity index (χ4v) is 3.35. The van der Waals surface area contributed by atoms with E-state index in [0.29, 0.717) is 16.7 Å². The average Bonchev–Trinajstić information content (AvgIpc) is 3.15. The lowest BCUT2D eigenvalue weighted by atomic mass is 10.1. The molecule has 1 saturated heterocycles. The highest BCUT2D eigenvalue weighted by molar-refractivity contribution is 7.15. The van der Waals surface area contributed by atoms with E-state index in [1.165, 1.54) is 11.3 Å². The standard InChI is InChI=1S/C16H17ClN4O2S/c1-9(2)15-19-20-16(24-15)18-14(23)10-7-13(22)21(8-10)12-5-3-11(17)4-6-12/h3-6,9-10H,7-8H2,1-2H3,(H,18,20,23)/t10-/m0/s1. The van der Waals surface area contributed by atoms with Gasteiger partial charge in [0, 0.05) is 29.6 Å². The van der Waals surface area contributed by atoms with Crippen molar-refractivity contribution in [2.75, 3.05) is 16.8 Å². The van der Waals surface area contributed by atoms with E-state index in [0.717, 1.165) is 10.7 Å². The Kier molecular flexibility index (Phi) is 4.82. The molecule has 1 atom stereocenters. The Hall–Kier alpha value is -1.99. The summed E-state index contributed by atoms with van der Waals surface area (Å²) < 4.78 is 0. The van der Waals surface area contributed by atoms with Gasteiger partial charge in [0.2, 0.25) is 16.9 Å². The number of halogens is 1. The number of anilines is 2. The van der Waals surface area contributed by atoms with Crippen LogP contribution in [0.1, 0.15) is 31.2 Å². The number of rotatable bonds is 4. The first-order valence-electron chi connectivity index (χ1n) is 7.64. The van der Waals surface area contributed by atoms with Gasteiger partial charge in [-0.25, -0.2) is 0 Å². The molecule has 8 heteroatoms. The van der Waals surface area contributed by atoms with Gasteiger partial charge in [0.05, 0.1) is 5.92 Å². The zero-order valence-corrected chi connectivity index (χ0v) is 14.9. The fraction of sp³-hybridized carbons (Fsp3) is 0.375. The number of amides is 2. The van der Waals surface area contributed by atoms with Crippen LogP contribution in [0.2, 0.25) is 5.02 Å². The summed E-state index contributed by atoms with van der Waals surface area (Å²) >= 11 is 7.23. The van der Waals surface area contributed by atoms with E-state index in [4.69, 9.17) is 11.6 Å². The Morgan fingerprint density at radius 1 is 1.33 bits per heavy atom. The molecular formula is C16H17ClN4O2S. The fourth-order valence-electron chi connectivity index (χ4n) is 2.48. The molecule has 0 spiro atoms. The van der Waals surface area contributed by atoms with Gasteiger partial charge in [-0.2, -0.15) is 0 Å². The van der Waals surface area contributed by atoms with E-state index < -0.39 is 5.92 Å². The minimum absolute atomic E-state index is 0.0717. The molecule has 24 heavy (non-hydrogen) atoms. The topological polar surface area (TPSA) is 75.2 Å². The number of hydrogen-bond acceptors (Lipinski definition) is 5. The second-order valence-corrected chi connectivity index (χ2v) is 7.42. The van der Waals surface area contributed by atoms with Crippen molar-refractivity contribution in [2.45, 2.75) is 26.2 Å². The predicted octanol–water partition coefficient (Wildman–Crippen LogP) is 3.31. The van der Waals surface area contributed by atoms with Crippen LogP contribution in [0, 0.1) is 5.92 Å². The maximum absolute atomic E-state index is 12.4. The lowest BCUT2D eigenvalue weighted by Crippen LogP contribution is -2.28. The molecule has 2 heterocycles. The molecule has 1 aliphatic rings. The smallest absolute Gasteiger partial charge is 0.231 e. The quantitative estimate of drug-likeness (QED) is 0.903. The largest absolute Gasteiger partial charge is 0.312 e. The number of hydrogen-bond donors (Lipinski definition) is 1. The molecule has 1 aromatic carbocycles. The third kappa shape index (κ3) is 3.57. The number of aromatic nitrogens is 2. The van der Waals surface area contributed by atoms with Gasteiger partial charge >= 0.3 is 0 Å². The zero-order valence-electron chi connectivity index (χ0n) is 13.3. The molecule has 0 saturated carbocycles. The van der Waals surface area contributed by atoms with Crippen LogP contribution < -0.4 is 10.2 Å². The Bertz CT molecular complexity index is 760. The van der Waals surface area contributed by atoms with Crippen LogP contribution in [0.4, 0.5) is 10.8 Å². The molecule has 6 nitrogen and oxygen atoms in total. The van der Waals surface area contributed by atoms with Crippen LogP contribution in [0.5, 0.6) is 0 Å². The third-order valence-electron chi connectivity index (χ3n) is 3.80. The summed E-state index contributed by atoms with van der Waals surface area (Å²) in [6.45, 7) is 4.39. The number of nitrogens with one attached hydrogen (secondary N) is 1. The van der Waals surface area contributed by atoms with Crippen molar-refractivity contribution < 1.29 is 9.59 Å². The van der Waals surface area contributed by atoms with E-state index in [1.807, 2.05) is 13.8 Å². The zero-order chi connectivity index (χ0) is 17.3. The van der Waals surface area contributed by atoms with E-state index in [2.05, 4.69) is 15.5 Å². The van der Waals surface area contributed by atoms with Crippen LogP contribution in [0.25, 0.3) is 0 Å². The molecule has 1 aromatic heterocycles. The monoisotopic (exact) mass is 364 g/mol. The lowest BCUT2D eigenvalue weighted by Gasteiger charge is -2.16. The average molecular weight is 365 g/mol. The van der Waals surface area contributed by atoms with Crippen molar-refractivity contribution >= 4 is 45.6 Å². The van der Waals surface area contributed by atoms with Crippen LogP contribution >= 0.6 is 22.9 Å². The van der Waals surface area contributed by atoms with E-state index >= 15 is 0 Å². The lowest BCUT2D eigenvalue weighted by molar-refractivity contribution is -0.122. The van der Waals surface area contributed by atoms with E-state index in [1.54, 1.807) is 29.2 Å². The van der Waals surface area contributed by atoms with Crippen molar-refractivity contribution in [3.05, 3.63) is 34.3 Å². The Morgan fingerprint density at radius 3 is 2.67 bits per heavy atom. The first-order valence-corrected chi connectivity index (χ1v) is 8.83. The first-order chi connectivity index (χ1) is 11.4. The van der Waals surface area contributed by atoms with Crippen LogP contribution in [-0.2, 0) is 9.59 Å². The molecule has 1 aliphatic heterocycles. The van der Waals surface area contributed by atoms with Crippen molar-refractivity contribution in [3.63, 3.8) is 0 Å². The normalized spacial score (nSPS) is 17.6. The summed E-state index contributed by atoms with van der Waals surface area (Å²) in [5, 5.41) is 12.7. The minimum Gasteiger partial charge on any atom is -0.312 e. The summed E-state index contributed by atoms with van der Waals surface area (Å²) in [6, 6.07) is 7.01. The van der Waals surface area contributed by atoms with Crippen molar-refractivity contribution in [1.29, 1.82) is 0 Å². The predicted molar refractivity (Wildman–Crippen MR) is 94.5 cm³/mol. The van der Waals surface area contributed by atoms with Crippen LogP contribution in [0.15, 0.2) is 24.3 Å². The molecule has 1 N–H and O–H groups in total. The van der Waals surface area contributed by atoms with Gasteiger partial charge in [-0.1, -0.05) is 36.8 Å². The molecular weight excluding hydrogens is 348 g/mol. The molecule has 2 amide bonds. The molecule has 2 aromatic rings. The summed E-state index contributed by atoms with van der Waals surface area (Å²) in [7, 11) is 0. The second kappa shape index (κ2) is 6.86. The molecule has 0 radical (unpaired) electrons. The van der Waals surface area contributed by atoms with E-state index in [-0.39, 0.29) is 24.2 Å². The van der Waals surface area contributed by atoms with Crippen LogP contribution in [-0.4, -0.2) is 28.6 Å². The van der Waals surface area contributed by atoms with Gasteiger partial charge in [-0.15, -0.1) is 10.2 Å². The van der Waals surface area contributed by atoms with Crippen molar-refractivity contribution in [3.8, 4) is 0 Å². The highest BCUT2D eigenvalue weighted by Crippen LogP contribution is 2.28. The van der Waals surface area contributed by atoms with Gasteiger partial charge in [-0.3, -0.25) is 9.59 Å². The molecule has 0 bridgehead atoms. The number of nitrogens with zero attached hydrogens (tertiary/aromatic N) is 3. The Morgan fingerprint density at radius 2 is 2.04 bits per heavy atom. The van der Waals surface area contributed by atoms with Crippen molar-refractivity contribution in [2.24, 2.45) is 5.92 Å². The molecule has 1 fully saturated rings. The number of benzene rings is 1. The number of carbonyl (C=O) groups is 2. The first kappa shape index (κ1) is 16.9. The Balaban J connectivity index is 1.66. The van der Waals surface area contributed by atoms with Crippen LogP contribution in [0.3, 0.4) is 0 Å². The maximum Gasteiger partial charge on any atom is 0.231 e. The van der Waals surface area contributed by atoms with Gasteiger partial charge < -0.3 is 10.2 Å². The maximum atomic E-state index is 12.4. The summed E-state index contributed by atoms with van der Waals surface area (Å²) in [6.07, 6.45) is 0.185. The molecule has 0 aliphatic carbocycles. The third-order valence-corrected chi connectivity index (χ3v) is 5.19. The molecule has 126 valence electrons. The van der Waals surface area contributed by atoms with E-state index in [9.17, 15) is 9.59 Å². The van der Waals surface area contributed by atoms with Crippen molar-refractivity contribution in [1.82, 2.24) is 10.2 Å².